The third-order valence-electron chi connectivity index (χ3n) is 24.5. The first kappa shape index (κ1) is 90.9. The Hall–Kier alpha value is -18.2. The Morgan fingerprint density at radius 1 is 0.264 bits per heavy atom. The number of rotatable bonds is 15. The van der Waals surface area contributed by atoms with E-state index in [0.29, 0.717) is 5.84 Å². The Kier molecular flexibility index (Phi) is 26.6. The van der Waals surface area contributed by atoms with Crippen LogP contribution >= 0.6 is 45.3 Å². The molecule has 0 amide bonds. The predicted octanol–water partition coefficient (Wildman–Crippen LogP) is 33.1. The van der Waals surface area contributed by atoms with Gasteiger partial charge in [-0.05, 0) is 117 Å². The monoisotopic (exact) mass is 1920 g/mol. The van der Waals surface area contributed by atoms with Crippen molar-refractivity contribution in [3.05, 3.63) is 529 Å². The highest BCUT2D eigenvalue weighted by Gasteiger charge is 2.21. The Balaban J connectivity index is 0.000000110. The van der Waals surface area contributed by atoms with E-state index in [1.165, 1.54) is 4.70 Å². The van der Waals surface area contributed by atoms with Gasteiger partial charge in [-0.25, -0.2) is 49.9 Å². The summed E-state index contributed by atoms with van der Waals surface area (Å²) in [5.74, 6) is 1.12. The molecule has 24 aromatic rings. The summed E-state index contributed by atoms with van der Waals surface area (Å²) in [7, 11) is 0. The Morgan fingerprint density at radius 2 is 0.604 bits per heavy atom. The summed E-state index contributed by atoms with van der Waals surface area (Å²) in [4.78, 5) is 48.6. The predicted molar refractivity (Wildman–Crippen MR) is 610 cm³/mol. The van der Waals surface area contributed by atoms with Crippen molar-refractivity contribution in [2.45, 2.75) is 0 Å². The zero-order chi connectivity index (χ0) is 96.9. The zero-order valence-electron chi connectivity index (χ0n) is 77.4. The molecule has 5 heterocycles. The van der Waals surface area contributed by atoms with Crippen molar-refractivity contribution in [1.29, 1.82) is 16.2 Å². The van der Waals surface area contributed by atoms with Crippen molar-refractivity contribution in [3.8, 4) is 64.8 Å². The van der Waals surface area contributed by atoms with Crippen LogP contribution in [0.3, 0.4) is 0 Å². The normalized spacial score (nSPS) is 12.7. The van der Waals surface area contributed by atoms with E-state index in [-0.39, 0.29) is 17.5 Å². The average Bonchev–Trinajstić information content (AvgIpc) is 1.31. The van der Waals surface area contributed by atoms with Crippen LogP contribution in [-0.2, 0) is 0 Å². The number of amidine groups is 4. The van der Waals surface area contributed by atoms with Crippen LogP contribution in [0.1, 0.15) is 44.5 Å². The topological polar surface area (TPSA) is 198 Å². The van der Waals surface area contributed by atoms with E-state index in [2.05, 4.69) is 197 Å². The van der Waals surface area contributed by atoms with Gasteiger partial charge in [0.05, 0.1) is 74.7 Å². The van der Waals surface area contributed by atoms with Crippen LogP contribution in [0.5, 0.6) is 0 Å². The van der Waals surface area contributed by atoms with Gasteiger partial charge in [0.25, 0.3) is 0 Å². The van der Waals surface area contributed by atoms with Crippen molar-refractivity contribution in [1.82, 2.24) is 29.9 Å². The van der Waals surface area contributed by atoms with E-state index in [0.717, 1.165) is 217 Å². The summed E-state index contributed by atoms with van der Waals surface area (Å²) in [6.07, 6.45) is 15.8. The van der Waals surface area contributed by atoms with E-state index in [4.69, 9.17) is 51.1 Å². The molecule has 19 aromatic carbocycles. The summed E-state index contributed by atoms with van der Waals surface area (Å²) in [6, 6.07) is 151. The molecule has 0 saturated carbocycles. The number of allylic oxidation sites excluding steroid dienone is 6. The first-order chi connectivity index (χ1) is 71.1. The number of aromatic nitrogens is 6. The van der Waals surface area contributed by atoms with Crippen molar-refractivity contribution in [3.63, 3.8) is 0 Å². The van der Waals surface area contributed by atoms with Gasteiger partial charge >= 0.3 is 0 Å². The van der Waals surface area contributed by atoms with Crippen molar-refractivity contribution < 1.29 is 0 Å². The summed E-state index contributed by atoms with van der Waals surface area (Å²) in [5, 5.41) is 39.1. The second-order valence-corrected chi connectivity index (χ2v) is 38.2. The number of aliphatic imine (C=N–C) groups is 4. The standard InChI is InChI=1S/C33H23N3S.C32H22N4S.C31H19N3S.C31H21N3S/c34-32(35-29(24-12-6-2-7-13-24)20-16-23-10-4-1-5-11-23)27-17-19-28-26(22-27)18-21-30-31(28)36-33(37-30)25-14-8-3-9-15-25;33-30(36-31(23-12-6-2-7-13-23)34-21-22-10-4-1-5-11-22)26-16-18-27-25(20-26)17-19-28-29(27)35-32(37-28)24-14-8-3-9-15-24;1-3-9-20(10-4-1)28-29(33-26-14-8-7-13-25(26)32-28)23-15-17-24-22(19-23)16-18-27-30(24)34-31(35-27)21-11-5-2-6-12-21;32-30(33-27-14-8-7-13-24(27)19-21-9-3-1-4-10-21)25-15-17-26-23(20-25)16-18-28-29(26)34-31(35-28)22-11-5-2-6-12-22/h1-22,34H;1-21,33H;1-19H;1-20,32H/b20-16+,34-32?,35-29?;;;24-19+,32-30?,33-27?. The molecular weight excluding hydrogens is 1840 g/mol. The number of fused-ring (bicyclic) bond motifs is 13. The van der Waals surface area contributed by atoms with Crippen LogP contribution in [0.15, 0.2) is 505 Å². The Morgan fingerprint density at radius 3 is 1.03 bits per heavy atom. The van der Waals surface area contributed by atoms with E-state index >= 15 is 0 Å². The maximum atomic E-state index is 8.81. The number of nitrogens with one attached hydrogen (secondary N) is 3. The molecule has 682 valence electrons. The quantitative estimate of drug-likeness (QED) is 0.0674. The van der Waals surface area contributed by atoms with Crippen LogP contribution in [0, 0.1) is 16.2 Å². The third kappa shape index (κ3) is 20.5. The van der Waals surface area contributed by atoms with Crippen molar-refractivity contribution in [2.75, 3.05) is 0 Å². The van der Waals surface area contributed by atoms with E-state index < -0.39 is 0 Å². The molecule has 13 nitrogen and oxygen atoms in total. The molecule has 1 aliphatic rings. The molecule has 0 fully saturated rings. The first-order valence-electron chi connectivity index (χ1n) is 47.0. The van der Waals surface area contributed by atoms with Gasteiger partial charge in [0.1, 0.15) is 20.0 Å². The fraction of sp³-hybridized carbons (Fsp3) is 0. The molecule has 0 aliphatic heterocycles. The van der Waals surface area contributed by atoms with Crippen LogP contribution in [-0.4, -0.2) is 70.9 Å². The molecule has 0 saturated heterocycles. The molecule has 0 bridgehead atoms. The number of thiazole rings is 4. The summed E-state index contributed by atoms with van der Waals surface area (Å²) in [5.41, 5.74) is 24.0. The first-order valence-corrected chi connectivity index (χ1v) is 50.3. The molecule has 3 N–H and O–H groups in total. The smallest absolute Gasteiger partial charge is 0.161 e. The van der Waals surface area contributed by atoms with Crippen LogP contribution in [0.4, 0.5) is 0 Å². The zero-order valence-corrected chi connectivity index (χ0v) is 80.7. The van der Waals surface area contributed by atoms with Gasteiger partial charge in [-0.3, -0.25) is 16.2 Å². The number of para-hydroxylation sites is 2. The summed E-state index contributed by atoms with van der Waals surface area (Å²) >= 11 is 6.83. The van der Waals surface area contributed by atoms with Gasteiger partial charge in [0, 0.05) is 94.5 Å². The van der Waals surface area contributed by atoms with Gasteiger partial charge in [0.15, 0.2) is 23.3 Å². The Bertz CT molecular complexity index is 8930. The SMILES string of the molecule is N=C(N=C(/C=C/c1ccccc1)c1ccccc1)c1ccc2c(ccc3sc(-c4ccccc4)nc32)c1.N=C(N=C(N=Cc1ccccc1)c1ccccc1)c1ccc2c(ccc3sc(-c4ccccc4)nc32)c1.N=C(N=C1C=CC=C/C1=C\c1ccccc1)c1ccc2c(ccc3sc(-c4ccccc4)nc32)c1.c1ccc(-c2nc3c(ccc4cc(-c5nc6ccccc6nc5-c5ccccc5)ccc43)s2)cc1. The van der Waals surface area contributed by atoms with E-state index in [1.54, 1.807) is 51.6 Å². The fourth-order valence-electron chi connectivity index (χ4n) is 17.2. The average molecular weight is 1920 g/mol. The molecule has 144 heavy (non-hydrogen) atoms. The largest absolute Gasteiger partial charge is 0.282 e. The lowest BCUT2D eigenvalue weighted by Gasteiger charge is -2.11. The lowest BCUT2D eigenvalue weighted by atomic mass is 10.00. The molecule has 1 aliphatic carbocycles. The number of nitrogens with zero attached hydrogens (tertiary/aromatic N) is 10. The molecule has 0 atom stereocenters. The highest BCUT2D eigenvalue weighted by Crippen LogP contribution is 2.42. The number of hydrogen-bond donors (Lipinski definition) is 3. The molecule has 17 heteroatoms. The minimum Gasteiger partial charge on any atom is -0.282 e. The van der Waals surface area contributed by atoms with Gasteiger partial charge < -0.3 is 0 Å². The minimum atomic E-state index is 0.161. The molecule has 0 unspecified atom stereocenters. The highest BCUT2D eigenvalue weighted by atomic mass is 32.1. The lowest BCUT2D eigenvalue weighted by molar-refractivity contribution is 1.29. The van der Waals surface area contributed by atoms with Crippen molar-refractivity contribution in [2.24, 2.45) is 20.0 Å². The van der Waals surface area contributed by atoms with Crippen LogP contribution < -0.4 is 0 Å². The number of benzene rings is 19. The molecule has 25 rings (SSSR count). The number of hydrogen-bond acceptors (Lipinski definition) is 13. The molecular formula is C127H85N13S4. The van der Waals surface area contributed by atoms with Gasteiger partial charge in [-0.2, -0.15) is 0 Å². The molecule has 0 radical (unpaired) electrons. The van der Waals surface area contributed by atoms with Crippen molar-refractivity contribution >= 4 is 193 Å². The minimum absolute atomic E-state index is 0.161. The highest BCUT2D eigenvalue weighted by molar-refractivity contribution is 7.23. The van der Waals surface area contributed by atoms with E-state index in [9.17, 15) is 0 Å². The second-order valence-electron chi connectivity index (χ2n) is 34.1. The molecule has 0 spiro atoms. The van der Waals surface area contributed by atoms with Gasteiger partial charge in [-0.15, -0.1) is 45.3 Å². The summed E-state index contributed by atoms with van der Waals surface area (Å²) in [6.45, 7) is 0. The maximum absolute atomic E-state index is 8.81. The maximum Gasteiger partial charge on any atom is 0.161 e. The van der Waals surface area contributed by atoms with Gasteiger partial charge in [0.2, 0.25) is 0 Å². The third-order valence-corrected chi connectivity index (χ3v) is 28.8. The fourth-order valence-corrected chi connectivity index (χ4v) is 21.2. The summed E-state index contributed by atoms with van der Waals surface area (Å²) < 4.78 is 4.66. The van der Waals surface area contributed by atoms with Gasteiger partial charge in [-0.1, -0.05) is 413 Å². The second kappa shape index (κ2) is 42.2. The van der Waals surface area contributed by atoms with Crippen LogP contribution in [0.25, 0.3) is 172 Å². The van der Waals surface area contributed by atoms with Crippen LogP contribution in [0.2, 0.25) is 0 Å². The Labute approximate surface area is 847 Å². The lowest BCUT2D eigenvalue weighted by Crippen LogP contribution is -2.05. The van der Waals surface area contributed by atoms with E-state index in [1.807, 2.05) is 309 Å². The molecule has 5 aromatic heterocycles.